The molecule has 0 fully saturated rings. The Kier molecular flexibility index (Phi) is 3.23. The van der Waals surface area contributed by atoms with Crippen LogP contribution in [-0.4, -0.2) is 40.0 Å². The molecule has 3 rings (SSSR count). The maximum absolute atomic E-state index is 11.8. The summed E-state index contributed by atoms with van der Waals surface area (Å²) < 4.78 is 11.1. The standard InChI is InChI=1S/C14H11N5O3/c1-15-12-10(14(20)22-3)13-16-11(17-19(13)18-12)8-4-6-9(21-2)7-5-8/h4-7,18H,2-3H3. The number of H-pyrrole nitrogens is 1. The first-order chi connectivity index (χ1) is 10.7. The van der Waals surface area contributed by atoms with Crippen molar-refractivity contribution >= 4 is 17.4 Å². The summed E-state index contributed by atoms with van der Waals surface area (Å²) in [4.78, 5) is 19.4. The number of methoxy groups -OCH3 is 2. The van der Waals surface area contributed by atoms with E-state index in [9.17, 15) is 4.79 Å². The van der Waals surface area contributed by atoms with E-state index >= 15 is 0 Å². The fraction of sp³-hybridized carbons (Fsp3) is 0.143. The Morgan fingerprint density at radius 1 is 1.32 bits per heavy atom. The zero-order chi connectivity index (χ0) is 15.7. The van der Waals surface area contributed by atoms with Gasteiger partial charge in [-0.1, -0.05) is 11.2 Å². The Bertz CT molecular complexity index is 886. The summed E-state index contributed by atoms with van der Waals surface area (Å²) in [5, 5.41) is 6.95. The van der Waals surface area contributed by atoms with Gasteiger partial charge in [-0.25, -0.2) is 14.9 Å². The number of benzene rings is 1. The molecular formula is C14H11N5O3. The quantitative estimate of drug-likeness (QED) is 0.591. The van der Waals surface area contributed by atoms with Crippen molar-refractivity contribution in [3.8, 4) is 17.1 Å². The second kappa shape index (κ2) is 5.21. The second-order valence-corrected chi connectivity index (χ2v) is 4.34. The van der Waals surface area contributed by atoms with Gasteiger partial charge in [0.05, 0.1) is 14.2 Å². The van der Waals surface area contributed by atoms with Gasteiger partial charge in [0.1, 0.15) is 11.3 Å². The highest BCUT2D eigenvalue weighted by atomic mass is 16.5. The van der Waals surface area contributed by atoms with Crippen LogP contribution in [-0.2, 0) is 4.74 Å². The van der Waals surface area contributed by atoms with Crippen molar-refractivity contribution in [1.82, 2.24) is 19.8 Å². The Balaban J connectivity index is 2.12. The summed E-state index contributed by atoms with van der Waals surface area (Å²) in [6, 6.07) is 7.19. The molecule has 0 atom stereocenters. The smallest absolute Gasteiger partial charge is 0.332 e. The third kappa shape index (κ3) is 2.05. The van der Waals surface area contributed by atoms with E-state index in [0.717, 1.165) is 11.3 Å². The van der Waals surface area contributed by atoms with Gasteiger partial charge in [-0.2, -0.15) is 0 Å². The molecule has 8 heteroatoms. The van der Waals surface area contributed by atoms with Crippen molar-refractivity contribution in [1.29, 1.82) is 0 Å². The number of aromatic amines is 1. The maximum atomic E-state index is 11.8. The highest BCUT2D eigenvalue weighted by Gasteiger charge is 2.23. The van der Waals surface area contributed by atoms with Crippen LogP contribution in [0.5, 0.6) is 5.75 Å². The molecule has 1 N–H and O–H groups in total. The molecule has 0 radical (unpaired) electrons. The molecule has 0 amide bonds. The van der Waals surface area contributed by atoms with Crippen molar-refractivity contribution < 1.29 is 14.3 Å². The minimum absolute atomic E-state index is 0.0446. The molecule has 0 bridgehead atoms. The fourth-order valence-corrected chi connectivity index (χ4v) is 2.05. The molecule has 0 unspecified atom stereocenters. The van der Waals surface area contributed by atoms with Crippen LogP contribution in [0.25, 0.3) is 21.9 Å². The van der Waals surface area contributed by atoms with Crippen LogP contribution in [0.4, 0.5) is 5.82 Å². The second-order valence-electron chi connectivity index (χ2n) is 4.34. The zero-order valence-electron chi connectivity index (χ0n) is 11.8. The van der Waals surface area contributed by atoms with Gasteiger partial charge in [-0.15, -0.1) is 5.10 Å². The molecule has 2 aromatic heterocycles. The number of nitrogens with zero attached hydrogens (tertiary/aromatic N) is 4. The predicted octanol–water partition coefficient (Wildman–Crippen LogP) is 2.07. The van der Waals surface area contributed by atoms with E-state index in [1.54, 1.807) is 31.4 Å². The Morgan fingerprint density at radius 3 is 2.64 bits per heavy atom. The van der Waals surface area contributed by atoms with Crippen molar-refractivity contribution in [2.24, 2.45) is 0 Å². The lowest BCUT2D eigenvalue weighted by molar-refractivity contribution is 0.0604. The predicted molar refractivity (Wildman–Crippen MR) is 76.9 cm³/mol. The highest BCUT2D eigenvalue weighted by Crippen LogP contribution is 2.26. The molecule has 0 saturated heterocycles. The normalized spacial score (nSPS) is 10.4. The van der Waals surface area contributed by atoms with Gasteiger partial charge in [-0.05, 0) is 24.3 Å². The molecule has 22 heavy (non-hydrogen) atoms. The van der Waals surface area contributed by atoms with E-state index in [0.29, 0.717) is 5.82 Å². The van der Waals surface area contributed by atoms with Crippen LogP contribution in [0.15, 0.2) is 24.3 Å². The summed E-state index contributed by atoms with van der Waals surface area (Å²) in [6.07, 6.45) is 0. The van der Waals surface area contributed by atoms with Gasteiger partial charge in [0.2, 0.25) is 0 Å². The van der Waals surface area contributed by atoms with Crippen LogP contribution in [0.1, 0.15) is 10.4 Å². The summed E-state index contributed by atoms with van der Waals surface area (Å²) in [6.45, 7) is 7.09. The SMILES string of the molecule is [C-]#[N+]c1[nH]n2nc(-c3ccc(OC)cc3)nc2c1C(=O)OC. The van der Waals surface area contributed by atoms with Gasteiger partial charge in [-0.3, -0.25) is 0 Å². The van der Waals surface area contributed by atoms with Crippen molar-refractivity contribution in [2.75, 3.05) is 14.2 Å². The molecule has 8 nitrogen and oxygen atoms in total. The number of carbonyl (C=O) groups excluding carboxylic acids is 1. The third-order valence-electron chi connectivity index (χ3n) is 3.13. The number of hydrogen-bond acceptors (Lipinski definition) is 5. The first-order valence-corrected chi connectivity index (χ1v) is 6.27. The van der Waals surface area contributed by atoms with E-state index in [-0.39, 0.29) is 17.0 Å². The molecule has 3 aromatic rings. The lowest BCUT2D eigenvalue weighted by Gasteiger charge is -1.99. The fourth-order valence-electron chi connectivity index (χ4n) is 2.05. The number of nitrogens with one attached hydrogen (secondary N) is 1. The molecule has 1 aromatic carbocycles. The molecule has 0 saturated carbocycles. The minimum Gasteiger partial charge on any atom is -0.497 e. The topological polar surface area (TPSA) is 85.9 Å². The lowest BCUT2D eigenvalue weighted by atomic mass is 10.2. The van der Waals surface area contributed by atoms with Gasteiger partial charge in [0.25, 0.3) is 5.82 Å². The van der Waals surface area contributed by atoms with Crippen LogP contribution in [0.3, 0.4) is 0 Å². The number of ether oxygens (including phenoxy) is 2. The molecule has 0 aliphatic heterocycles. The van der Waals surface area contributed by atoms with Crippen LogP contribution >= 0.6 is 0 Å². The maximum Gasteiger partial charge on any atom is 0.332 e. The number of esters is 1. The minimum atomic E-state index is -0.633. The van der Waals surface area contributed by atoms with Crippen molar-refractivity contribution in [2.45, 2.75) is 0 Å². The van der Waals surface area contributed by atoms with Gasteiger partial charge >= 0.3 is 5.97 Å². The van der Waals surface area contributed by atoms with Crippen LogP contribution in [0.2, 0.25) is 0 Å². The molecular weight excluding hydrogens is 286 g/mol. The Morgan fingerprint density at radius 2 is 2.05 bits per heavy atom. The number of hydrogen-bond donors (Lipinski definition) is 1. The first-order valence-electron chi connectivity index (χ1n) is 6.27. The monoisotopic (exact) mass is 297 g/mol. The lowest BCUT2D eigenvalue weighted by Crippen LogP contribution is -2.00. The first kappa shape index (κ1) is 13.6. The number of aromatic nitrogens is 4. The summed E-state index contributed by atoms with van der Waals surface area (Å²) in [5.41, 5.74) is 1.09. The van der Waals surface area contributed by atoms with E-state index in [1.165, 1.54) is 11.7 Å². The molecule has 0 aliphatic rings. The number of carbonyl (C=O) groups is 1. The number of rotatable bonds is 3. The Labute approximate surface area is 125 Å². The highest BCUT2D eigenvalue weighted by molar-refractivity contribution is 6.01. The van der Waals surface area contributed by atoms with E-state index in [2.05, 4.69) is 20.0 Å². The van der Waals surface area contributed by atoms with E-state index in [4.69, 9.17) is 16.0 Å². The average Bonchev–Trinajstić information content (AvgIpc) is 3.11. The van der Waals surface area contributed by atoms with Gasteiger partial charge in [0.15, 0.2) is 11.5 Å². The Hall–Kier alpha value is -3.34. The van der Waals surface area contributed by atoms with Crippen LogP contribution < -0.4 is 4.74 Å². The molecule has 2 heterocycles. The van der Waals surface area contributed by atoms with E-state index < -0.39 is 5.97 Å². The van der Waals surface area contributed by atoms with Gasteiger partial charge in [0, 0.05) is 5.56 Å². The average molecular weight is 297 g/mol. The molecule has 0 spiro atoms. The summed E-state index contributed by atoms with van der Waals surface area (Å²) in [7, 11) is 2.84. The number of fused-ring (bicyclic) bond motifs is 1. The molecule has 110 valence electrons. The van der Waals surface area contributed by atoms with Crippen LogP contribution in [0, 0.1) is 6.57 Å². The summed E-state index contributed by atoms with van der Waals surface area (Å²) >= 11 is 0. The summed E-state index contributed by atoms with van der Waals surface area (Å²) in [5.74, 6) is 0.559. The van der Waals surface area contributed by atoms with Crippen molar-refractivity contribution in [3.05, 3.63) is 41.2 Å². The largest absolute Gasteiger partial charge is 0.497 e. The zero-order valence-corrected chi connectivity index (χ0v) is 11.8. The molecule has 0 aliphatic carbocycles. The van der Waals surface area contributed by atoms with Crippen molar-refractivity contribution in [3.63, 3.8) is 0 Å². The third-order valence-corrected chi connectivity index (χ3v) is 3.13. The van der Waals surface area contributed by atoms with E-state index in [1.807, 2.05) is 0 Å². The van der Waals surface area contributed by atoms with Gasteiger partial charge < -0.3 is 14.3 Å².